The van der Waals surface area contributed by atoms with Crippen molar-refractivity contribution in [1.29, 1.82) is 0 Å². The van der Waals surface area contributed by atoms with Crippen LogP contribution in [0.3, 0.4) is 0 Å². The minimum atomic E-state index is -3.95. The van der Waals surface area contributed by atoms with Gasteiger partial charge in [-0.05, 0) is 30.3 Å². The van der Waals surface area contributed by atoms with Gasteiger partial charge in [-0.3, -0.25) is 0 Å². The molecular formula is C13H12N2O5S. The molecular weight excluding hydrogens is 296 g/mol. The van der Waals surface area contributed by atoms with Crippen LogP contribution in [-0.2, 0) is 10.0 Å². The van der Waals surface area contributed by atoms with E-state index >= 15 is 0 Å². The smallest absolute Gasteiger partial charge is 0.241 e. The van der Waals surface area contributed by atoms with Gasteiger partial charge in [0.15, 0.2) is 11.5 Å². The summed E-state index contributed by atoms with van der Waals surface area (Å²) in [6.07, 6.45) is 0. The fourth-order valence-electron chi connectivity index (χ4n) is 1.90. The average Bonchev–Trinajstić information content (AvgIpc) is 2.87. The Kier molecular flexibility index (Phi) is 3.11. The maximum atomic E-state index is 11.6. The second-order valence-electron chi connectivity index (χ2n) is 4.37. The molecule has 0 atom stereocenters. The molecule has 0 spiro atoms. The third-order valence-electron chi connectivity index (χ3n) is 2.85. The zero-order chi connectivity index (χ0) is 15.0. The van der Waals surface area contributed by atoms with Crippen LogP contribution in [0.1, 0.15) is 0 Å². The van der Waals surface area contributed by atoms with E-state index in [0.717, 1.165) is 0 Å². The molecule has 0 saturated carbocycles. The molecule has 2 aromatic rings. The summed E-state index contributed by atoms with van der Waals surface area (Å²) >= 11 is 0. The van der Waals surface area contributed by atoms with Gasteiger partial charge < -0.3 is 19.9 Å². The molecule has 0 saturated heterocycles. The zero-order valence-electron chi connectivity index (χ0n) is 10.8. The summed E-state index contributed by atoms with van der Waals surface area (Å²) in [6.45, 7) is 0.142. The van der Waals surface area contributed by atoms with Gasteiger partial charge in [-0.25, -0.2) is 13.6 Å². The highest BCUT2D eigenvalue weighted by molar-refractivity contribution is 7.89. The van der Waals surface area contributed by atoms with E-state index in [1.165, 1.54) is 18.2 Å². The number of ether oxygens (including phenoxy) is 3. The van der Waals surface area contributed by atoms with Crippen LogP contribution in [0.2, 0.25) is 0 Å². The molecule has 4 N–H and O–H groups in total. The van der Waals surface area contributed by atoms with Crippen LogP contribution in [0.25, 0.3) is 0 Å². The van der Waals surface area contributed by atoms with E-state index in [0.29, 0.717) is 17.2 Å². The van der Waals surface area contributed by atoms with Gasteiger partial charge in [0.2, 0.25) is 16.8 Å². The van der Waals surface area contributed by atoms with E-state index in [4.69, 9.17) is 25.1 Å². The van der Waals surface area contributed by atoms with Gasteiger partial charge in [0, 0.05) is 11.8 Å². The lowest BCUT2D eigenvalue weighted by atomic mass is 10.3. The molecule has 1 aliphatic heterocycles. The highest BCUT2D eigenvalue weighted by Crippen LogP contribution is 2.37. The second-order valence-corrected chi connectivity index (χ2v) is 5.90. The second kappa shape index (κ2) is 4.83. The fourth-order valence-corrected chi connectivity index (χ4v) is 2.59. The van der Waals surface area contributed by atoms with Gasteiger partial charge in [0.25, 0.3) is 0 Å². The maximum absolute atomic E-state index is 11.6. The molecule has 0 fully saturated rings. The summed E-state index contributed by atoms with van der Waals surface area (Å²) in [6, 6.07) is 9.13. The van der Waals surface area contributed by atoms with Crippen molar-refractivity contribution in [1.82, 2.24) is 0 Å². The molecule has 3 rings (SSSR count). The molecule has 0 radical (unpaired) electrons. The Hall–Kier alpha value is -2.45. The third kappa shape index (κ3) is 2.71. The number of fused-ring (bicyclic) bond motifs is 1. The quantitative estimate of drug-likeness (QED) is 0.829. The van der Waals surface area contributed by atoms with Gasteiger partial charge in [0.1, 0.15) is 16.4 Å². The van der Waals surface area contributed by atoms with E-state index in [1.807, 2.05) is 0 Å². The SMILES string of the molecule is Nc1ccc(Oc2ccc3c(c2)OCO3)c(S(N)(=O)=O)c1. The summed E-state index contributed by atoms with van der Waals surface area (Å²) in [5, 5.41) is 5.16. The molecule has 0 unspecified atom stereocenters. The first-order chi connectivity index (χ1) is 9.93. The van der Waals surface area contributed by atoms with Gasteiger partial charge in [0.05, 0.1) is 0 Å². The summed E-state index contributed by atoms with van der Waals surface area (Å²) < 4.78 is 39.1. The number of benzene rings is 2. The van der Waals surface area contributed by atoms with Crippen molar-refractivity contribution in [2.24, 2.45) is 5.14 Å². The van der Waals surface area contributed by atoms with E-state index in [9.17, 15) is 8.42 Å². The summed E-state index contributed by atoms with van der Waals surface area (Å²) in [4.78, 5) is -0.180. The minimum Gasteiger partial charge on any atom is -0.456 e. The van der Waals surface area contributed by atoms with Gasteiger partial charge in [-0.1, -0.05) is 0 Å². The number of sulfonamides is 1. The topological polar surface area (TPSA) is 114 Å². The Bertz CT molecular complexity index is 804. The summed E-state index contributed by atoms with van der Waals surface area (Å²) in [7, 11) is -3.95. The number of rotatable bonds is 3. The van der Waals surface area contributed by atoms with E-state index in [2.05, 4.69) is 0 Å². The van der Waals surface area contributed by atoms with E-state index in [-0.39, 0.29) is 23.1 Å². The molecule has 0 aromatic heterocycles. The van der Waals surface area contributed by atoms with Crippen LogP contribution in [0, 0.1) is 0 Å². The number of nitrogen functional groups attached to an aromatic ring is 1. The van der Waals surface area contributed by atoms with E-state index in [1.54, 1.807) is 18.2 Å². The first kappa shape index (κ1) is 13.5. The Morgan fingerprint density at radius 1 is 1.05 bits per heavy atom. The summed E-state index contributed by atoms with van der Waals surface area (Å²) in [5.74, 6) is 1.62. The molecule has 110 valence electrons. The lowest BCUT2D eigenvalue weighted by molar-refractivity contribution is 0.174. The largest absolute Gasteiger partial charge is 0.456 e. The van der Waals surface area contributed by atoms with Crippen molar-refractivity contribution in [2.75, 3.05) is 12.5 Å². The van der Waals surface area contributed by atoms with Crippen LogP contribution < -0.4 is 25.1 Å². The minimum absolute atomic E-state index is 0.0885. The van der Waals surface area contributed by atoms with Crippen molar-refractivity contribution < 1.29 is 22.6 Å². The number of anilines is 1. The average molecular weight is 308 g/mol. The summed E-state index contributed by atoms with van der Waals surface area (Å²) in [5.41, 5.74) is 5.85. The van der Waals surface area contributed by atoms with Crippen molar-refractivity contribution in [2.45, 2.75) is 4.90 Å². The molecule has 0 aliphatic carbocycles. The first-order valence-corrected chi connectivity index (χ1v) is 7.48. The number of primary sulfonamides is 1. The number of nitrogens with two attached hydrogens (primary N) is 2. The molecule has 0 amide bonds. The van der Waals surface area contributed by atoms with Crippen molar-refractivity contribution in [3.8, 4) is 23.0 Å². The Balaban J connectivity index is 1.99. The van der Waals surface area contributed by atoms with Crippen molar-refractivity contribution >= 4 is 15.7 Å². The Morgan fingerprint density at radius 2 is 1.81 bits per heavy atom. The number of hydrogen-bond acceptors (Lipinski definition) is 6. The zero-order valence-corrected chi connectivity index (χ0v) is 11.6. The molecule has 2 aromatic carbocycles. The predicted octanol–water partition coefficient (Wildman–Crippen LogP) is 1.44. The van der Waals surface area contributed by atoms with Gasteiger partial charge in [-0.15, -0.1) is 0 Å². The lowest BCUT2D eigenvalue weighted by Gasteiger charge is -2.11. The Labute approximate surface area is 121 Å². The molecule has 8 heteroatoms. The van der Waals surface area contributed by atoms with Crippen molar-refractivity contribution in [3.63, 3.8) is 0 Å². The standard InChI is InChI=1S/C13H12N2O5S/c14-8-1-3-11(13(5-8)21(15,16)17)20-9-2-4-10-12(6-9)19-7-18-10/h1-6H,7,14H2,(H2,15,16,17). The molecule has 0 bridgehead atoms. The van der Waals surface area contributed by atoms with Gasteiger partial charge in [-0.2, -0.15) is 0 Å². The normalized spacial score (nSPS) is 13.2. The van der Waals surface area contributed by atoms with E-state index < -0.39 is 10.0 Å². The lowest BCUT2D eigenvalue weighted by Crippen LogP contribution is -2.13. The molecule has 21 heavy (non-hydrogen) atoms. The third-order valence-corrected chi connectivity index (χ3v) is 3.78. The van der Waals surface area contributed by atoms with Crippen LogP contribution in [-0.4, -0.2) is 15.2 Å². The van der Waals surface area contributed by atoms with Crippen molar-refractivity contribution in [3.05, 3.63) is 36.4 Å². The maximum Gasteiger partial charge on any atom is 0.241 e. The van der Waals surface area contributed by atoms with Gasteiger partial charge >= 0.3 is 0 Å². The highest BCUT2D eigenvalue weighted by atomic mass is 32.2. The monoisotopic (exact) mass is 308 g/mol. The first-order valence-electron chi connectivity index (χ1n) is 5.93. The van der Waals surface area contributed by atoms with Crippen LogP contribution in [0.4, 0.5) is 5.69 Å². The van der Waals surface area contributed by atoms with Crippen LogP contribution in [0.15, 0.2) is 41.3 Å². The van der Waals surface area contributed by atoms with Crippen LogP contribution >= 0.6 is 0 Å². The number of hydrogen-bond donors (Lipinski definition) is 2. The highest BCUT2D eigenvalue weighted by Gasteiger charge is 2.18. The Morgan fingerprint density at radius 3 is 2.57 bits per heavy atom. The van der Waals surface area contributed by atoms with Crippen LogP contribution in [0.5, 0.6) is 23.0 Å². The fraction of sp³-hybridized carbons (Fsp3) is 0.0769. The molecule has 1 aliphatic rings. The molecule has 7 nitrogen and oxygen atoms in total. The predicted molar refractivity (Wildman–Crippen MR) is 74.9 cm³/mol. The molecule has 1 heterocycles.